The number of hydrogen-bond acceptors (Lipinski definition) is 2. The van der Waals surface area contributed by atoms with Crippen molar-refractivity contribution in [3.63, 3.8) is 0 Å². The van der Waals surface area contributed by atoms with Crippen LogP contribution >= 0.6 is 0 Å². The van der Waals surface area contributed by atoms with Gasteiger partial charge in [0.05, 0.1) is 6.42 Å². The van der Waals surface area contributed by atoms with Crippen molar-refractivity contribution in [3.8, 4) is 5.75 Å². The van der Waals surface area contributed by atoms with Gasteiger partial charge in [-0.2, -0.15) is 0 Å². The Morgan fingerprint density at radius 1 is 1.05 bits per heavy atom. The van der Waals surface area contributed by atoms with E-state index in [-0.39, 0.29) is 11.7 Å². The zero-order valence-corrected chi connectivity index (χ0v) is 12.2. The molecule has 4 nitrogen and oxygen atoms in total. The molecule has 0 fully saturated rings. The Hall–Kier alpha value is -2.75. The second-order valence-corrected chi connectivity index (χ2v) is 5.34. The number of amides is 1. The van der Waals surface area contributed by atoms with Crippen LogP contribution in [0.5, 0.6) is 5.75 Å². The molecule has 0 spiro atoms. The lowest BCUT2D eigenvalue weighted by atomic mass is 10.1. The summed E-state index contributed by atoms with van der Waals surface area (Å²) < 4.78 is 0. The molecule has 3 rings (SSSR count). The maximum absolute atomic E-state index is 12.0. The minimum absolute atomic E-state index is 0.0182. The molecule has 1 amide bonds. The van der Waals surface area contributed by atoms with Crippen LogP contribution in [0.3, 0.4) is 0 Å². The van der Waals surface area contributed by atoms with Gasteiger partial charge in [-0.15, -0.1) is 0 Å². The van der Waals surface area contributed by atoms with E-state index in [2.05, 4.69) is 10.3 Å². The Morgan fingerprint density at radius 3 is 2.64 bits per heavy atom. The predicted molar refractivity (Wildman–Crippen MR) is 86.8 cm³/mol. The van der Waals surface area contributed by atoms with Crippen LogP contribution in [0, 0.1) is 0 Å². The van der Waals surface area contributed by atoms with E-state index in [1.54, 1.807) is 12.1 Å². The molecular formula is C18H18N2O2. The highest BCUT2D eigenvalue weighted by atomic mass is 16.3. The second-order valence-electron chi connectivity index (χ2n) is 5.34. The molecule has 0 aliphatic carbocycles. The zero-order chi connectivity index (χ0) is 15.4. The normalized spacial score (nSPS) is 10.7. The fourth-order valence-corrected chi connectivity index (χ4v) is 2.46. The molecule has 0 radical (unpaired) electrons. The third kappa shape index (κ3) is 3.47. The van der Waals surface area contributed by atoms with Gasteiger partial charge >= 0.3 is 0 Å². The first-order chi connectivity index (χ1) is 10.7. The molecule has 2 aromatic carbocycles. The molecule has 0 atom stereocenters. The summed E-state index contributed by atoms with van der Waals surface area (Å²) in [5.41, 5.74) is 3.14. The number of H-pyrrole nitrogens is 1. The number of phenols is 1. The molecule has 0 aliphatic rings. The number of hydrogen-bond donors (Lipinski definition) is 3. The molecule has 3 aromatic rings. The number of aromatic nitrogens is 1. The van der Waals surface area contributed by atoms with E-state index in [9.17, 15) is 9.90 Å². The van der Waals surface area contributed by atoms with Gasteiger partial charge in [0.25, 0.3) is 0 Å². The Morgan fingerprint density at radius 2 is 1.82 bits per heavy atom. The Kier molecular flexibility index (Phi) is 4.10. The molecular weight excluding hydrogens is 276 g/mol. The van der Waals surface area contributed by atoms with Gasteiger partial charge in [0.1, 0.15) is 5.75 Å². The van der Waals surface area contributed by atoms with Crippen molar-refractivity contribution in [3.05, 3.63) is 65.9 Å². The Balaban J connectivity index is 1.50. The van der Waals surface area contributed by atoms with Crippen molar-refractivity contribution in [2.45, 2.75) is 12.8 Å². The first kappa shape index (κ1) is 14.2. The largest absolute Gasteiger partial charge is 0.508 e. The van der Waals surface area contributed by atoms with Gasteiger partial charge in [-0.3, -0.25) is 4.79 Å². The fourth-order valence-electron chi connectivity index (χ4n) is 2.46. The number of fused-ring (bicyclic) bond motifs is 1. The summed E-state index contributed by atoms with van der Waals surface area (Å²) in [4.78, 5) is 15.1. The maximum Gasteiger partial charge on any atom is 0.224 e. The number of phenolic OH excluding ortho intramolecular Hbond substituents is 1. The lowest BCUT2D eigenvalue weighted by Gasteiger charge is -2.06. The third-order valence-electron chi connectivity index (χ3n) is 3.66. The van der Waals surface area contributed by atoms with Crippen LogP contribution in [0.4, 0.5) is 0 Å². The standard InChI is InChI=1S/C18H18N2O2/c21-16-5-2-13(3-6-16)7-9-20-18(22)12-14-1-4-15-8-10-19-17(15)11-14/h1-6,8,10-11,19,21H,7,9,12H2,(H,20,22). The molecule has 0 saturated carbocycles. The lowest BCUT2D eigenvalue weighted by Crippen LogP contribution is -2.27. The number of aromatic hydroxyl groups is 1. The first-order valence-corrected chi connectivity index (χ1v) is 7.31. The molecule has 0 bridgehead atoms. The number of rotatable bonds is 5. The maximum atomic E-state index is 12.0. The molecule has 0 saturated heterocycles. The van der Waals surface area contributed by atoms with Gasteiger partial charge in [-0.1, -0.05) is 24.3 Å². The summed E-state index contributed by atoms with van der Waals surface area (Å²) in [7, 11) is 0. The van der Waals surface area contributed by atoms with Crippen LogP contribution in [0.1, 0.15) is 11.1 Å². The van der Waals surface area contributed by atoms with Crippen LogP contribution in [0.25, 0.3) is 10.9 Å². The van der Waals surface area contributed by atoms with E-state index in [0.29, 0.717) is 13.0 Å². The van der Waals surface area contributed by atoms with Crippen molar-refractivity contribution in [2.24, 2.45) is 0 Å². The molecule has 0 aliphatic heterocycles. The van der Waals surface area contributed by atoms with Gasteiger partial charge in [-0.05, 0) is 47.2 Å². The zero-order valence-electron chi connectivity index (χ0n) is 12.2. The smallest absolute Gasteiger partial charge is 0.224 e. The van der Waals surface area contributed by atoms with E-state index in [0.717, 1.165) is 28.5 Å². The van der Waals surface area contributed by atoms with E-state index >= 15 is 0 Å². The Labute approximate surface area is 128 Å². The molecule has 1 aromatic heterocycles. The number of benzene rings is 2. The van der Waals surface area contributed by atoms with E-state index in [1.165, 1.54) is 0 Å². The summed E-state index contributed by atoms with van der Waals surface area (Å²) in [6, 6.07) is 15.1. The fraction of sp³-hybridized carbons (Fsp3) is 0.167. The highest BCUT2D eigenvalue weighted by molar-refractivity contribution is 5.83. The van der Waals surface area contributed by atoms with Gasteiger partial charge in [0.15, 0.2) is 0 Å². The average molecular weight is 294 g/mol. The monoisotopic (exact) mass is 294 g/mol. The van der Waals surface area contributed by atoms with E-state index in [4.69, 9.17) is 0 Å². The molecule has 112 valence electrons. The minimum atomic E-state index is 0.0182. The number of nitrogens with one attached hydrogen (secondary N) is 2. The molecule has 4 heteroatoms. The quantitative estimate of drug-likeness (QED) is 0.677. The molecule has 1 heterocycles. The SMILES string of the molecule is O=C(Cc1ccc2cc[nH]c2c1)NCCc1ccc(O)cc1. The van der Waals surface area contributed by atoms with Crippen molar-refractivity contribution in [1.29, 1.82) is 0 Å². The number of carbonyl (C=O) groups is 1. The van der Waals surface area contributed by atoms with Gasteiger partial charge in [0, 0.05) is 18.3 Å². The number of aromatic amines is 1. The lowest BCUT2D eigenvalue weighted by molar-refractivity contribution is -0.120. The van der Waals surface area contributed by atoms with Crippen molar-refractivity contribution < 1.29 is 9.90 Å². The van der Waals surface area contributed by atoms with E-state index < -0.39 is 0 Å². The third-order valence-corrected chi connectivity index (χ3v) is 3.66. The summed E-state index contributed by atoms with van der Waals surface area (Å²) in [6.45, 7) is 0.592. The van der Waals surface area contributed by atoms with Crippen LogP contribution in [0.15, 0.2) is 54.7 Å². The summed E-state index contributed by atoms with van der Waals surface area (Å²) >= 11 is 0. The first-order valence-electron chi connectivity index (χ1n) is 7.31. The molecule has 3 N–H and O–H groups in total. The second kappa shape index (κ2) is 6.35. The predicted octanol–water partition coefficient (Wildman–Crippen LogP) is 2.77. The topological polar surface area (TPSA) is 65.1 Å². The number of carbonyl (C=O) groups excluding carboxylic acids is 1. The Bertz CT molecular complexity index is 775. The highest BCUT2D eigenvalue weighted by Gasteiger charge is 2.04. The van der Waals surface area contributed by atoms with Crippen LogP contribution < -0.4 is 5.32 Å². The highest BCUT2D eigenvalue weighted by Crippen LogP contribution is 2.14. The van der Waals surface area contributed by atoms with E-state index in [1.807, 2.05) is 42.6 Å². The van der Waals surface area contributed by atoms with Crippen molar-refractivity contribution >= 4 is 16.8 Å². The van der Waals surface area contributed by atoms with Gasteiger partial charge in [-0.25, -0.2) is 0 Å². The minimum Gasteiger partial charge on any atom is -0.508 e. The molecule has 0 unspecified atom stereocenters. The van der Waals surface area contributed by atoms with Gasteiger partial charge in [0.2, 0.25) is 5.91 Å². The average Bonchev–Trinajstić information content (AvgIpc) is 2.97. The van der Waals surface area contributed by atoms with Crippen molar-refractivity contribution in [2.75, 3.05) is 6.54 Å². The van der Waals surface area contributed by atoms with Crippen LogP contribution in [-0.4, -0.2) is 22.5 Å². The van der Waals surface area contributed by atoms with Crippen LogP contribution in [-0.2, 0) is 17.6 Å². The summed E-state index contributed by atoms with van der Waals surface area (Å²) in [5.74, 6) is 0.275. The summed E-state index contributed by atoms with van der Waals surface area (Å²) in [5, 5.41) is 13.3. The summed E-state index contributed by atoms with van der Waals surface area (Å²) in [6.07, 6.45) is 3.03. The van der Waals surface area contributed by atoms with Crippen molar-refractivity contribution in [1.82, 2.24) is 10.3 Å². The van der Waals surface area contributed by atoms with Gasteiger partial charge < -0.3 is 15.4 Å². The molecule has 22 heavy (non-hydrogen) atoms. The van der Waals surface area contributed by atoms with Crippen LogP contribution in [0.2, 0.25) is 0 Å².